The van der Waals surface area contributed by atoms with Crippen molar-refractivity contribution in [2.45, 2.75) is 13.0 Å². The molecule has 0 aromatic carbocycles. The molecular weight excluding hydrogens is 158 g/mol. The summed E-state index contributed by atoms with van der Waals surface area (Å²) in [4.78, 5) is 6.49. The number of nitrogens with one attached hydrogen (secondary N) is 1. The number of nitriles is 1. The summed E-state index contributed by atoms with van der Waals surface area (Å²) in [5, 5.41) is 15.4. The van der Waals surface area contributed by atoms with E-state index in [1.807, 2.05) is 6.07 Å². The van der Waals surface area contributed by atoms with Crippen LogP contribution in [-0.2, 0) is 6.54 Å². The Balaban J connectivity index is 2.65. The van der Waals surface area contributed by atoms with Crippen LogP contribution in [0.3, 0.4) is 0 Å². The minimum absolute atomic E-state index is 0.142. The first-order valence-electron chi connectivity index (χ1n) is 3.20. The molecule has 0 aliphatic heterocycles. The Kier molecular flexibility index (Phi) is 2.65. The van der Waals surface area contributed by atoms with Crippen molar-refractivity contribution in [2.75, 3.05) is 0 Å². The van der Waals surface area contributed by atoms with Gasteiger partial charge in [-0.25, -0.2) is 4.68 Å². The molecule has 1 aromatic rings. The lowest BCUT2D eigenvalue weighted by Crippen LogP contribution is -1.96. The first-order valence-corrected chi connectivity index (χ1v) is 3.20. The number of rotatable bonds is 3. The van der Waals surface area contributed by atoms with Crippen LogP contribution in [0.25, 0.3) is 0 Å². The fourth-order valence-corrected chi connectivity index (χ4v) is 0.648. The molecule has 0 unspecified atom stereocenters. The maximum absolute atomic E-state index is 8.25. The van der Waals surface area contributed by atoms with Gasteiger partial charge in [0.2, 0.25) is 10.0 Å². The van der Waals surface area contributed by atoms with Gasteiger partial charge >= 0.3 is 5.95 Å². The van der Waals surface area contributed by atoms with Crippen molar-refractivity contribution < 1.29 is 0 Å². The van der Waals surface area contributed by atoms with Crippen molar-refractivity contribution in [3.05, 3.63) is 6.33 Å². The summed E-state index contributed by atoms with van der Waals surface area (Å²) in [6.07, 6.45) is 1.82. The van der Waals surface area contributed by atoms with Crippen LogP contribution in [0.2, 0.25) is 0 Å². The summed E-state index contributed by atoms with van der Waals surface area (Å²) in [6, 6.07) is 1.98. The average molecular weight is 164 g/mol. The van der Waals surface area contributed by atoms with E-state index in [-0.39, 0.29) is 5.95 Å². The molecule has 12 heavy (non-hydrogen) atoms. The fourth-order valence-electron chi connectivity index (χ4n) is 0.648. The minimum atomic E-state index is 0.142. The Morgan fingerprint density at radius 2 is 2.67 bits per heavy atom. The molecule has 0 saturated heterocycles. The highest BCUT2D eigenvalue weighted by molar-refractivity contribution is 5.06. The van der Waals surface area contributed by atoms with E-state index < -0.39 is 0 Å². The average Bonchev–Trinajstić information content (AvgIpc) is 2.50. The van der Waals surface area contributed by atoms with E-state index in [2.05, 4.69) is 20.1 Å². The van der Waals surface area contributed by atoms with Crippen LogP contribution in [-0.4, -0.2) is 14.8 Å². The number of hydrogen-bond donors (Lipinski definition) is 1. The van der Waals surface area contributed by atoms with Crippen LogP contribution in [0.4, 0.5) is 5.95 Å². The van der Waals surface area contributed by atoms with Crippen molar-refractivity contribution in [1.82, 2.24) is 19.7 Å². The fraction of sp³-hybridized carbons (Fsp3) is 0.400. The van der Waals surface area contributed by atoms with Crippen LogP contribution < -0.4 is 4.91 Å². The molecule has 0 atom stereocenters. The van der Waals surface area contributed by atoms with Gasteiger partial charge in [-0.3, -0.25) is 0 Å². The van der Waals surface area contributed by atoms with E-state index in [9.17, 15) is 0 Å². The summed E-state index contributed by atoms with van der Waals surface area (Å²) in [5.41, 5.74) is 6.40. The van der Waals surface area contributed by atoms with Gasteiger partial charge in [-0.2, -0.15) is 10.2 Å². The molecular formula is C5H6N7+. The topological polar surface area (TPSA) is 105 Å². The lowest BCUT2D eigenvalue weighted by Gasteiger charge is -1.89. The molecule has 1 N–H and O–H groups in total. The molecule has 0 saturated carbocycles. The number of aromatic nitrogens is 3. The molecule has 0 aliphatic carbocycles. The van der Waals surface area contributed by atoms with E-state index >= 15 is 0 Å². The van der Waals surface area contributed by atoms with E-state index in [0.717, 1.165) is 0 Å². The molecule has 7 nitrogen and oxygen atoms in total. The van der Waals surface area contributed by atoms with E-state index in [4.69, 9.17) is 10.8 Å². The van der Waals surface area contributed by atoms with Gasteiger partial charge in [-0.05, 0) is 0 Å². The first-order chi connectivity index (χ1) is 5.86. The van der Waals surface area contributed by atoms with Crippen molar-refractivity contribution >= 4 is 5.95 Å². The zero-order valence-electron chi connectivity index (χ0n) is 6.17. The quantitative estimate of drug-likeness (QED) is 0.515. The molecule has 0 aliphatic rings. The van der Waals surface area contributed by atoms with Gasteiger partial charge in [0.15, 0.2) is 0 Å². The standard InChI is InChI=1S/C5H6N7/c6-2-1-3-12-4-8-5(10-12)9-11-7/h4,7H,1,3H2/q+1. The summed E-state index contributed by atoms with van der Waals surface area (Å²) in [7, 11) is 0. The van der Waals surface area contributed by atoms with Crippen molar-refractivity contribution in [2.24, 2.45) is 5.11 Å². The second-order valence-corrected chi connectivity index (χ2v) is 1.92. The molecule has 7 heteroatoms. The highest BCUT2D eigenvalue weighted by Gasteiger charge is 2.01. The van der Waals surface area contributed by atoms with Crippen LogP contribution >= 0.6 is 0 Å². The predicted molar refractivity (Wildman–Crippen MR) is 37.2 cm³/mol. The SMILES string of the molecule is N#CCCn1cnc(N=[N+]=N)n1. The van der Waals surface area contributed by atoms with Gasteiger partial charge in [0, 0.05) is 0 Å². The molecule has 0 radical (unpaired) electrons. The Morgan fingerprint density at radius 1 is 1.83 bits per heavy atom. The number of hydrogen-bond acceptors (Lipinski definition) is 5. The third kappa shape index (κ3) is 1.97. The molecule has 1 rings (SSSR count). The second kappa shape index (κ2) is 3.95. The molecule has 0 amide bonds. The van der Waals surface area contributed by atoms with E-state index in [0.29, 0.717) is 13.0 Å². The monoisotopic (exact) mass is 164 g/mol. The molecule has 1 heterocycles. The third-order valence-electron chi connectivity index (χ3n) is 1.12. The van der Waals surface area contributed by atoms with E-state index in [1.165, 1.54) is 11.0 Å². The van der Waals surface area contributed by atoms with Crippen LogP contribution in [0.15, 0.2) is 11.4 Å². The van der Waals surface area contributed by atoms with Crippen molar-refractivity contribution in [3.63, 3.8) is 0 Å². The molecule has 0 spiro atoms. The van der Waals surface area contributed by atoms with Crippen molar-refractivity contribution in [1.29, 1.82) is 10.8 Å². The zero-order chi connectivity index (χ0) is 8.81. The Hall–Kier alpha value is -2.06. The Morgan fingerprint density at radius 3 is 3.33 bits per heavy atom. The normalized spacial score (nSPS) is 8.58. The number of nitrogens with zero attached hydrogens (tertiary/aromatic N) is 6. The lowest BCUT2D eigenvalue weighted by molar-refractivity contribution is 0.625. The predicted octanol–water partition coefficient (Wildman–Crippen LogP) is 0.374. The van der Waals surface area contributed by atoms with Gasteiger partial charge in [0.1, 0.15) is 11.9 Å². The second-order valence-electron chi connectivity index (χ2n) is 1.92. The smallest absolute Gasteiger partial charge is 0.249 e. The van der Waals surface area contributed by atoms with Gasteiger partial charge in [0.05, 0.1) is 19.0 Å². The third-order valence-corrected chi connectivity index (χ3v) is 1.12. The maximum Gasteiger partial charge on any atom is 0.354 e. The summed E-state index contributed by atoms with van der Waals surface area (Å²) in [6.45, 7) is 0.483. The van der Waals surface area contributed by atoms with Gasteiger partial charge in [-0.1, -0.05) is 0 Å². The van der Waals surface area contributed by atoms with Crippen LogP contribution in [0, 0.1) is 16.9 Å². The van der Waals surface area contributed by atoms with Gasteiger partial charge in [-0.15, -0.1) is 5.10 Å². The highest BCUT2D eigenvalue weighted by Crippen LogP contribution is 1.99. The summed E-state index contributed by atoms with van der Waals surface area (Å²) < 4.78 is 1.48. The maximum atomic E-state index is 8.25. The van der Waals surface area contributed by atoms with Crippen molar-refractivity contribution in [3.8, 4) is 6.07 Å². The lowest BCUT2D eigenvalue weighted by atomic mass is 10.5. The van der Waals surface area contributed by atoms with E-state index in [1.54, 1.807) is 0 Å². The summed E-state index contributed by atoms with van der Waals surface area (Å²) >= 11 is 0. The zero-order valence-corrected chi connectivity index (χ0v) is 6.17. The van der Waals surface area contributed by atoms with Gasteiger partial charge < -0.3 is 0 Å². The molecule has 0 bridgehead atoms. The Bertz CT molecular complexity index is 339. The number of aryl methyl sites for hydroxylation is 1. The largest absolute Gasteiger partial charge is 0.354 e. The molecule has 0 fully saturated rings. The molecule has 60 valence electrons. The highest BCUT2D eigenvalue weighted by atomic mass is 15.4. The summed E-state index contributed by atoms with van der Waals surface area (Å²) in [5.74, 6) is 0.142. The van der Waals surface area contributed by atoms with Crippen LogP contribution in [0.1, 0.15) is 6.42 Å². The Labute approximate surface area is 67.9 Å². The first kappa shape index (κ1) is 8.04. The minimum Gasteiger partial charge on any atom is -0.249 e. The van der Waals surface area contributed by atoms with Crippen LogP contribution in [0.5, 0.6) is 0 Å². The van der Waals surface area contributed by atoms with Gasteiger partial charge in [0.25, 0.3) is 0 Å². The molecule has 1 aromatic heterocycles.